The summed E-state index contributed by atoms with van der Waals surface area (Å²) in [7, 11) is 0. The van der Waals surface area contributed by atoms with Crippen LogP contribution in [0.5, 0.6) is 0 Å². The quantitative estimate of drug-likeness (QED) is 0.586. The molecule has 0 saturated heterocycles. The number of hydrogen-bond acceptors (Lipinski definition) is 3. The van der Waals surface area contributed by atoms with Crippen molar-refractivity contribution >= 4 is 11.9 Å². The third-order valence-electron chi connectivity index (χ3n) is 6.55. The van der Waals surface area contributed by atoms with Crippen LogP contribution in [-0.2, 0) is 4.79 Å². The van der Waals surface area contributed by atoms with Gasteiger partial charge in [-0.1, -0.05) is 13.3 Å². The molecule has 148 valence electrons. The summed E-state index contributed by atoms with van der Waals surface area (Å²) < 4.78 is 0. The number of nitrogens with one attached hydrogen (secondary N) is 2. The highest BCUT2D eigenvalue weighted by molar-refractivity contribution is 5.78. The van der Waals surface area contributed by atoms with Gasteiger partial charge in [-0.05, 0) is 62.7 Å². The molecule has 4 fully saturated rings. The van der Waals surface area contributed by atoms with E-state index in [4.69, 9.17) is 5.11 Å². The SMILES string of the molecule is CCCCN(CCO)C(=O)CCNC(=O)NC12CC3CC(CC(C3)C1)C2. The largest absolute Gasteiger partial charge is 0.395 e. The van der Waals surface area contributed by atoms with Crippen LogP contribution in [0.3, 0.4) is 0 Å². The van der Waals surface area contributed by atoms with Crippen LogP contribution >= 0.6 is 0 Å². The molecule has 4 rings (SSSR count). The van der Waals surface area contributed by atoms with Crippen molar-refractivity contribution in [3.63, 3.8) is 0 Å². The molecule has 6 nitrogen and oxygen atoms in total. The molecule has 4 aliphatic rings. The molecule has 0 heterocycles. The van der Waals surface area contributed by atoms with Crippen molar-refractivity contribution in [2.45, 2.75) is 70.3 Å². The molecule has 26 heavy (non-hydrogen) atoms. The van der Waals surface area contributed by atoms with E-state index in [0.717, 1.165) is 49.9 Å². The first-order valence-corrected chi connectivity index (χ1v) is 10.5. The molecular weight excluding hydrogens is 330 g/mol. The minimum atomic E-state index is -0.123. The molecule has 3 N–H and O–H groups in total. The highest BCUT2D eigenvalue weighted by atomic mass is 16.3. The highest BCUT2D eigenvalue weighted by Gasteiger charge is 2.51. The summed E-state index contributed by atoms with van der Waals surface area (Å²) in [5, 5.41) is 15.3. The maximum absolute atomic E-state index is 12.4. The summed E-state index contributed by atoms with van der Waals surface area (Å²) in [5.74, 6) is 2.40. The number of rotatable bonds is 9. The number of carbonyl (C=O) groups excluding carboxylic acids is 2. The third kappa shape index (κ3) is 4.70. The third-order valence-corrected chi connectivity index (χ3v) is 6.55. The summed E-state index contributed by atoms with van der Waals surface area (Å²) in [6, 6.07) is -0.123. The zero-order valence-electron chi connectivity index (χ0n) is 16.1. The van der Waals surface area contributed by atoms with Gasteiger partial charge in [-0.25, -0.2) is 4.79 Å². The predicted octanol–water partition coefficient (Wildman–Crippen LogP) is 2.27. The maximum Gasteiger partial charge on any atom is 0.315 e. The number of carbonyl (C=O) groups is 2. The number of unbranched alkanes of at least 4 members (excludes halogenated alkanes) is 1. The molecule has 0 spiro atoms. The molecule has 0 atom stereocenters. The Morgan fingerprint density at radius 1 is 1.08 bits per heavy atom. The van der Waals surface area contributed by atoms with Crippen LogP contribution in [0, 0.1) is 17.8 Å². The van der Waals surface area contributed by atoms with Gasteiger partial charge in [-0.15, -0.1) is 0 Å². The Bertz CT molecular complexity index is 473. The van der Waals surface area contributed by atoms with Gasteiger partial charge in [0.05, 0.1) is 6.61 Å². The Balaban J connectivity index is 1.41. The smallest absolute Gasteiger partial charge is 0.315 e. The zero-order valence-corrected chi connectivity index (χ0v) is 16.1. The molecule has 4 aliphatic carbocycles. The van der Waals surface area contributed by atoms with Crippen LogP contribution in [-0.4, -0.2) is 53.7 Å². The first kappa shape index (κ1) is 19.5. The van der Waals surface area contributed by atoms with Crippen molar-refractivity contribution in [2.75, 3.05) is 26.2 Å². The van der Waals surface area contributed by atoms with Crippen LogP contribution in [0.4, 0.5) is 4.79 Å². The number of hydrogen-bond donors (Lipinski definition) is 3. The first-order valence-electron chi connectivity index (χ1n) is 10.5. The van der Waals surface area contributed by atoms with E-state index in [1.165, 1.54) is 19.3 Å². The van der Waals surface area contributed by atoms with E-state index >= 15 is 0 Å². The Labute approximate surface area is 157 Å². The lowest BCUT2D eigenvalue weighted by Crippen LogP contribution is -2.61. The molecule has 4 saturated carbocycles. The van der Waals surface area contributed by atoms with Gasteiger partial charge in [0.2, 0.25) is 5.91 Å². The standard InChI is InChI=1S/C20H35N3O3/c1-2-3-6-23(7-8-24)18(25)4-5-21-19(26)22-20-12-15-9-16(13-20)11-17(10-15)14-20/h15-17,24H,2-14H2,1H3,(H2,21,22,26). The molecule has 0 aromatic heterocycles. The van der Waals surface area contributed by atoms with E-state index in [0.29, 0.717) is 19.6 Å². The van der Waals surface area contributed by atoms with Crippen molar-refractivity contribution < 1.29 is 14.7 Å². The van der Waals surface area contributed by atoms with Crippen molar-refractivity contribution in [2.24, 2.45) is 17.8 Å². The topological polar surface area (TPSA) is 81.7 Å². The van der Waals surface area contributed by atoms with E-state index < -0.39 is 0 Å². The minimum absolute atomic E-state index is 0.00241. The van der Waals surface area contributed by atoms with Gasteiger partial charge in [-0.3, -0.25) is 4.79 Å². The predicted molar refractivity (Wildman–Crippen MR) is 101 cm³/mol. The molecule has 6 heteroatoms. The van der Waals surface area contributed by atoms with E-state index in [-0.39, 0.29) is 30.5 Å². The number of aliphatic hydroxyl groups is 1. The van der Waals surface area contributed by atoms with Crippen LogP contribution in [0.15, 0.2) is 0 Å². The maximum atomic E-state index is 12.4. The Kier molecular flexibility index (Phi) is 6.43. The van der Waals surface area contributed by atoms with Gasteiger partial charge in [0.25, 0.3) is 0 Å². The lowest BCUT2D eigenvalue weighted by atomic mass is 9.53. The second-order valence-corrected chi connectivity index (χ2v) is 8.79. The number of aliphatic hydroxyl groups excluding tert-OH is 1. The molecule has 0 aromatic carbocycles. The molecular formula is C20H35N3O3. The minimum Gasteiger partial charge on any atom is -0.395 e. The molecule has 4 bridgehead atoms. The average Bonchev–Trinajstić information content (AvgIpc) is 2.56. The van der Waals surface area contributed by atoms with E-state index in [1.807, 2.05) is 0 Å². The van der Waals surface area contributed by atoms with E-state index in [9.17, 15) is 9.59 Å². The van der Waals surface area contributed by atoms with Gasteiger partial charge in [0.1, 0.15) is 0 Å². The molecule has 3 amide bonds. The molecule has 0 aromatic rings. The Morgan fingerprint density at radius 3 is 2.23 bits per heavy atom. The van der Waals surface area contributed by atoms with Crippen LogP contribution in [0.1, 0.15) is 64.7 Å². The second kappa shape index (κ2) is 8.59. The second-order valence-electron chi connectivity index (χ2n) is 8.79. The summed E-state index contributed by atoms with van der Waals surface area (Å²) in [6.45, 7) is 3.46. The van der Waals surface area contributed by atoms with Crippen molar-refractivity contribution in [3.8, 4) is 0 Å². The summed E-state index contributed by atoms with van der Waals surface area (Å²) >= 11 is 0. The summed E-state index contributed by atoms with van der Waals surface area (Å²) in [6.07, 6.45) is 9.71. The van der Waals surface area contributed by atoms with Gasteiger partial charge in [0, 0.05) is 31.6 Å². The Hall–Kier alpha value is -1.30. The van der Waals surface area contributed by atoms with E-state index in [2.05, 4.69) is 17.6 Å². The number of urea groups is 1. The monoisotopic (exact) mass is 365 g/mol. The molecule has 0 unspecified atom stereocenters. The van der Waals surface area contributed by atoms with Gasteiger partial charge in [-0.2, -0.15) is 0 Å². The van der Waals surface area contributed by atoms with Crippen molar-refractivity contribution in [1.82, 2.24) is 15.5 Å². The fraction of sp³-hybridized carbons (Fsp3) is 0.900. The van der Waals surface area contributed by atoms with Crippen LogP contribution in [0.2, 0.25) is 0 Å². The zero-order chi connectivity index (χ0) is 18.6. The fourth-order valence-electron chi connectivity index (χ4n) is 5.82. The molecule has 0 radical (unpaired) electrons. The number of nitrogens with zero attached hydrogens (tertiary/aromatic N) is 1. The fourth-order valence-corrected chi connectivity index (χ4v) is 5.82. The van der Waals surface area contributed by atoms with Gasteiger partial charge >= 0.3 is 6.03 Å². The van der Waals surface area contributed by atoms with Crippen molar-refractivity contribution in [3.05, 3.63) is 0 Å². The van der Waals surface area contributed by atoms with Gasteiger partial charge < -0.3 is 20.6 Å². The highest BCUT2D eigenvalue weighted by Crippen LogP contribution is 2.55. The molecule has 0 aliphatic heterocycles. The lowest BCUT2D eigenvalue weighted by Gasteiger charge is -2.56. The normalized spacial score (nSPS) is 31.7. The Morgan fingerprint density at radius 2 is 1.69 bits per heavy atom. The van der Waals surface area contributed by atoms with Crippen LogP contribution in [0.25, 0.3) is 0 Å². The summed E-state index contributed by atoms with van der Waals surface area (Å²) in [4.78, 5) is 26.4. The lowest BCUT2D eigenvalue weighted by molar-refractivity contribution is -0.131. The van der Waals surface area contributed by atoms with Crippen LogP contribution < -0.4 is 10.6 Å². The first-order chi connectivity index (χ1) is 12.5. The van der Waals surface area contributed by atoms with E-state index in [1.54, 1.807) is 4.90 Å². The van der Waals surface area contributed by atoms with Crippen molar-refractivity contribution in [1.29, 1.82) is 0 Å². The summed E-state index contributed by atoms with van der Waals surface area (Å²) in [5.41, 5.74) is 0.00684. The number of amides is 3. The average molecular weight is 366 g/mol. The van der Waals surface area contributed by atoms with Gasteiger partial charge in [0.15, 0.2) is 0 Å².